The molecule has 2 atom stereocenters. The summed E-state index contributed by atoms with van der Waals surface area (Å²) in [7, 11) is 0. The number of carbonyl (C=O) groups is 3. The molecule has 1 rings (SSSR count). The first-order valence-corrected chi connectivity index (χ1v) is 6.14. The van der Waals surface area contributed by atoms with Gasteiger partial charge in [-0.2, -0.15) is 0 Å². The summed E-state index contributed by atoms with van der Waals surface area (Å²) >= 11 is 0. The Morgan fingerprint density at radius 1 is 1.28 bits per heavy atom. The summed E-state index contributed by atoms with van der Waals surface area (Å²) in [6.07, 6.45) is 1.45. The van der Waals surface area contributed by atoms with Gasteiger partial charge in [0.2, 0.25) is 11.8 Å². The minimum atomic E-state index is -0.851. The van der Waals surface area contributed by atoms with Gasteiger partial charge < -0.3 is 15.7 Å². The summed E-state index contributed by atoms with van der Waals surface area (Å²) in [6.45, 7) is 3.51. The fourth-order valence-corrected chi connectivity index (χ4v) is 2.35. The lowest BCUT2D eigenvalue weighted by molar-refractivity contribution is -0.142. The molecule has 0 aromatic rings. The van der Waals surface area contributed by atoms with Gasteiger partial charge in [-0.05, 0) is 33.1 Å². The van der Waals surface area contributed by atoms with Crippen molar-refractivity contribution in [2.45, 2.75) is 39.2 Å². The van der Waals surface area contributed by atoms with Crippen molar-refractivity contribution < 1.29 is 19.5 Å². The first-order chi connectivity index (χ1) is 8.32. The number of carboxylic acids is 1. The maximum absolute atomic E-state index is 12.2. The zero-order chi connectivity index (χ0) is 13.9. The Labute approximate surface area is 106 Å². The minimum Gasteiger partial charge on any atom is -0.481 e. The molecule has 0 heterocycles. The molecule has 0 bridgehead atoms. The number of nitrogens with zero attached hydrogens (tertiary/aromatic N) is 1. The van der Waals surface area contributed by atoms with Crippen molar-refractivity contribution in [3.8, 4) is 0 Å². The fourth-order valence-electron chi connectivity index (χ4n) is 2.35. The quantitative estimate of drug-likeness (QED) is 0.734. The van der Waals surface area contributed by atoms with Crippen LogP contribution in [-0.2, 0) is 14.4 Å². The smallest absolute Gasteiger partial charge is 0.306 e. The normalized spacial score (nSPS) is 23.1. The van der Waals surface area contributed by atoms with E-state index in [0.717, 1.165) is 0 Å². The number of hydrogen-bond acceptors (Lipinski definition) is 3. The summed E-state index contributed by atoms with van der Waals surface area (Å²) < 4.78 is 0. The van der Waals surface area contributed by atoms with Crippen molar-refractivity contribution in [2.24, 2.45) is 17.6 Å². The first kappa shape index (κ1) is 14.5. The molecule has 0 spiro atoms. The van der Waals surface area contributed by atoms with Crippen LogP contribution >= 0.6 is 0 Å². The van der Waals surface area contributed by atoms with Gasteiger partial charge >= 0.3 is 5.97 Å². The predicted octanol–water partition coefficient (Wildman–Crippen LogP) is 0.210. The van der Waals surface area contributed by atoms with E-state index < -0.39 is 17.8 Å². The van der Waals surface area contributed by atoms with Gasteiger partial charge in [0.15, 0.2) is 0 Å². The molecule has 0 aromatic heterocycles. The molecule has 0 aromatic carbocycles. The molecule has 1 aliphatic carbocycles. The molecule has 1 fully saturated rings. The summed E-state index contributed by atoms with van der Waals surface area (Å²) in [5.74, 6) is -2.30. The number of rotatable bonds is 5. The van der Waals surface area contributed by atoms with E-state index in [-0.39, 0.29) is 24.4 Å². The number of carbonyl (C=O) groups excluding carboxylic acids is 2. The van der Waals surface area contributed by atoms with Crippen molar-refractivity contribution >= 4 is 17.8 Å². The number of nitrogens with two attached hydrogens (primary N) is 1. The third-order valence-electron chi connectivity index (χ3n) is 3.36. The van der Waals surface area contributed by atoms with Crippen LogP contribution in [0.5, 0.6) is 0 Å². The molecule has 1 saturated carbocycles. The van der Waals surface area contributed by atoms with Crippen molar-refractivity contribution in [2.75, 3.05) is 6.54 Å². The summed E-state index contributed by atoms with van der Waals surface area (Å²) in [5, 5.41) is 8.91. The van der Waals surface area contributed by atoms with Crippen LogP contribution in [0, 0.1) is 11.8 Å². The van der Waals surface area contributed by atoms with Crippen LogP contribution in [0.15, 0.2) is 0 Å². The van der Waals surface area contributed by atoms with Crippen molar-refractivity contribution in [1.29, 1.82) is 0 Å². The SMILES string of the molecule is CC(C)N(CC(N)=O)C(=O)[C@@H]1CC[C@H](C(=O)O)C1. The lowest BCUT2D eigenvalue weighted by Crippen LogP contribution is -2.45. The average molecular weight is 256 g/mol. The van der Waals surface area contributed by atoms with Gasteiger partial charge in [0, 0.05) is 12.0 Å². The molecule has 18 heavy (non-hydrogen) atoms. The Morgan fingerprint density at radius 2 is 1.83 bits per heavy atom. The Balaban J connectivity index is 2.67. The molecule has 3 N–H and O–H groups in total. The molecule has 6 nitrogen and oxygen atoms in total. The topological polar surface area (TPSA) is 101 Å². The summed E-state index contributed by atoms with van der Waals surface area (Å²) in [5.41, 5.74) is 5.12. The Bertz CT molecular complexity index is 354. The molecule has 2 amide bonds. The molecule has 102 valence electrons. The van der Waals surface area contributed by atoms with E-state index in [4.69, 9.17) is 10.8 Å². The third-order valence-corrected chi connectivity index (χ3v) is 3.36. The van der Waals surface area contributed by atoms with E-state index in [2.05, 4.69) is 0 Å². The second kappa shape index (κ2) is 5.84. The van der Waals surface area contributed by atoms with E-state index in [1.807, 2.05) is 13.8 Å². The summed E-state index contributed by atoms with van der Waals surface area (Å²) in [4.78, 5) is 35.4. The van der Waals surface area contributed by atoms with Crippen molar-refractivity contribution in [3.63, 3.8) is 0 Å². The van der Waals surface area contributed by atoms with Gasteiger partial charge in [0.25, 0.3) is 0 Å². The lowest BCUT2D eigenvalue weighted by Gasteiger charge is -2.28. The number of primary amides is 1. The predicted molar refractivity (Wildman–Crippen MR) is 64.5 cm³/mol. The van der Waals surface area contributed by atoms with Gasteiger partial charge in [-0.25, -0.2) is 0 Å². The highest BCUT2D eigenvalue weighted by atomic mass is 16.4. The van der Waals surface area contributed by atoms with Gasteiger partial charge in [0.05, 0.1) is 12.5 Å². The molecule has 0 aliphatic heterocycles. The van der Waals surface area contributed by atoms with Crippen molar-refractivity contribution in [3.05, 3.63) is 0 Å². The average Bonchev–Trinajstić information content (AvgIpc) is 2.73. The molecular formula is C12H20N2O4. The number of amides is 2. The standard InChI is InChI=1S/C12H20N2O4/c1-7(2)14(6-10(13)15)11(16)8-3-4-9(5-8)12(17)18/h7-9H,3-6H2,1-2H3,(H2,13,15)(H,17,18)/t8-,9+/m1/s1. The van der Waals surface area contributed by atoms with Crippen LogP contribution in [0.4, 0.5) is 0 Å². The maximum atomic E-state index is 12.2. The molecule has 0 saturated heterocycles. The Morgan fingerprint density at radius 3 is 2.22 bits per heavy atom. The lowest BCUT2D eigenvalue weighted by atomic mass is 10.0. The van der Waals surface area contributed by atoms with Crippen molar-refractivity contribution in [1.82, 2.24) is 4.90 Å². The van der Waals surface area contributed by atoms with Crippen LogP contribution in [0.2, 0.25) is 0 Å². The number of aliphatic carboxylic acids is 1. The molecule has 6 heteroatoms. The van der Waals surface area contributed by atoms with Crippen LogP contribution in [0.25, 0.3) is 0 Å². The first-order valence-electron chi connectivity index (χ1n) is 6.14. The highest BCUT2D eigenvalue weighted by Gasteiger charge is 2.36. The van der Waals surface area contributed by atoms with Crippen LogP contribution in [-0.4, -0.2) is 40.4 Å². The van der Waals surface area contributed by atoms with E-state index in [1.54, 1.807) is 0 Å². The zero-order valence-corrected chi connectivity index (χ0v) is 10.8. The fraction of sp³-hybridized carbons (Fsp3) is 0.750. The van der Waals surface area contributed by atoms with Crippen LogP contribution < -0.4 is 5.73 Å². The highest BCUT2D eigenvalue weighted by Crippen LogP contribution is 2.32. The third kappa shape index (κ3) is 3.45. The van der Waals surface area contributed by atoms with E-state index in [1.165, 1.54) is 4.90 Å². The molecule has 1 aliphatic rings. The van der Waals surface area contributed by atoms with Gasteiger partial charge in [-0.1, -0.05) is 0 Å². The number of carboxylic acid groups (broad SMARTS) is 1. The van der Waals surface area contributed by atoms with E-state index >= 15 is 0 Å². The Kier molecular flexibility index (Phi) is 4.69. The van der Waals surface area contributed by atoms with Gasteiger partial charge in [-0.15, -0.1) is 0 Å². The number of hydrogen-bond donors (Lipinski definition) is 2. The summed E-state index contributed by atoms with van der Waals surface area (Å²) in [6, 6.07) is -0.117. The van der Waals surface area contributed by atoms with Gasteiger partial charge in [-0.3, -0.25) is 14.4 Å². The molecule has 0 radical (unpaired) electrons. The largest absolute Gasteiger partial charge is 0.481 e. The van der Waals surface area contributed by atoms with Crippen LogP contribution in [0.1, 0.15) is 33.1 Å². The van der Waals surface area contributed by atoms with Gasteiger partial charge in [0.1, 0.15) is 0 Å². The van der Waals surface area contributed by atoms with Crippen LogP contribution in [0.3, 0.4) is 0 Å². The second-order valence-corrected chi connectivity index (χ2v) is 5.07. The monoisotopic (exact) mass is 256 g/mol. The maximum Gasteiger partial charge on any atom is 0.306 e. The second-order valence-electron chi connectivity index (χ2n) is 5.07. The minimum absolute atomic E-state index is 0.106. The zero-order valence-electron chi connectivity index (χ0n) is 10.8. The van der Waals surface area contributed by atoms with E-state index in [0.29, 0.717) is 19.3 Å². The highest BCUT2D eigenvalue weighted by molar-refractivity contribution is 5.86. The molecular weight excluding hydrogens is 236 g/mol. The molecule has 0 unspecified atom stereocenters. The Hall–Kier alpha value is -1.59. The van der Waals surface area contributed by atoms with E-state index in [9.17, 15) is 14.4 Å².